The second-order valence-electron chi connectivity index (χ2n) is 5.36. The van der Waals surface area contributed by atoms with E-state index < -0.39 is 11.2 Å². The van der Waals surface area contributed by atoms with E-state index in [0.29, 0.717) is 12.4 Å². The molecule has 0 N–H and O–H groups in total. The minimum atomic E-state index is -0.573. The summed E-state index contributed by atoms with van der Waals surface area (Å²) in [5.41, 5.74) is 1.14. The Balaban J connectivity index is 2.52. The minimum Gasteiger partial charge on any atom is -0.355 e. The van der Waals surface area contributed by atoms with E-state index in [1.807, 2.05) is 37.3 Å². The van der Waals surface area contributed by atoms with Crippen molar-refractivity contribution >= 4 is 5.82 Å². The summed E-state index contributed by atoms with van der Waals surface area (Å²) in [4.78, 5) is 25.9. The van der Waals surface area contributed by atoms with Crippen molar-refractivity contribution in [3.8, 4) is 6.07 Å². The highest BCUT2D eigenvalue weighted by atomic mass is 16.2. The number of aryl methyl sites for hydroxylation is 1. The van der Waals surface area contributed by atoms with Gasteiger partial charge in [-0.25, -0.2) is 4.79 Å². The molecule has 0 spiro atoms. The van der Waals surface area contributed by atoms with Crippen LogP contribution >= 0.6 is 0 Å². The van der Waals surface area contributed by atoms with Crippen molar-refractivity contribution < 1.29 is 0 Å². The van der Waals surface area contributed by atoms with E-state index in [1.165, 1.54) is 11.6 Å². The SMILES string of the molecule is Cc1ccc(CN(C)c2c(C#N)c(=O)n(C)c(=O)n2C)cc1. The summed E-state index contributed by atoms with van der Waals surface area (Å²) in [5.74, 6) is 0.330. The fourth-order valence-corrected chi connectivity index (χ4v) is 2.42. The Morgan fingerprint density at radius 2 is 1.73 bits per heavy atom. The minimum absolute atomic E-state index is 0.0285. The smallest absolute Gasteiger partial charge is 0.332 e. The van der Waals surface area contributed by atoms with Gasteiger partial charge in [0, 0.05) is 27.7 Å². The third-order valence-electron chi connectivity index (χ3n) is 3.65. The molecule has 0 aliphatic heterocycles. The summed E-state index contributed by atoms with van der Waals surface area (Å²) in [6.45, 7) is 2.50. The van der Waals surface area contributed by atoms with Gasteiger partial charge in [0.1, 0.15) is 11.9 Å². The first-order chi connectivity index (χ1) is 10.4. The molecule has 0 fully saturated rings. The first-order valence-electron chi connectivity index (χ1n) is 6.83. The molecule has 1 aromatic carbocycles. The Kier molecular flexibility index (Phi) is 4.18. The van der Waals surface area contributed by atoms with Gasteiger partial charge in [0.25, 0.3) is 5.56 Å². The highest BCUT2D eigenvalue weighted by Crippen LogP contribution is 2.16. The van der Waals surface area contributed by atoms with Gasteiger partial charge in [0.05, 0.1) is 0 Å². The fourth-order valence-electron chi connectivity index (χ4n) is 2.42. The average Bonchev–Trinajstić information content (AvgIpc) is 2.50. The summed E-state index contributed by atoms with van der Waals surface area (Å²) in [7, 11) is 4.69. The molecule has 1 heterocycles. The largest absolute Gasteiger partial charge is 0.355 e. The molecule has 0 saturated carbocycles. The zero-order valence-electron chi connectivity index (χ0n) is 13.1. The molecule has 0 unspecified atom stereocenters. The highest BCUT2D eigenvalue weighted by Gasteiger charge is 2.18. The van der Waals surface area contributed by atoms with Gasteiger partial charge >= 0.3 is 5.69 Å². The summed E-state index contributed by atoms with van der Waals surface area (Å²) >= 11 is 0. The molecule has 2 rings (SSSR count). The molecule has 114 valence electrons. The van der Waals surface area contributed by atoms with Crippen LogP contribution in [0.5, 0.6) is 0 Å². The second kappa shape index (κ2) is 5.90. The number of nitriles is 1. The summed E-state index contributed by atoms with van der Waals surface area (Å²) in [6, 6.07) is 9.88. The van der Waals surface area contributed by atoms with Crippen LogP contribution in [0.2, 0.25) is 0 Å². The zero-order valence-corrected chi connectivity index (χ0v) is 13.1. The van der Waals surface area contributed by atoms with Gasteiger partial charge in [-0.3, -0.25) is 13.9 Å². The lowest BCUT2D eigenvalue weighted by atomic mass is 10.1. The molecule has 2 aromatic rings. The van der Waals surface area contributed by atoms with Crippen LogP contribution in [0.3, 0.4) is 0 Å². The van der Waals surface area contributed by atoms with E-state index in [9.17, 15) is 14.9 Å². The Morgan fingerprint density at radius 1 is 1.14 bits per heavy atom. The van der Waals surface area contributed by atoms with Gasteiger partial charge in [-0.15, -0.1) is 0 Å². The van der Waals surface area contributed by atoms with Gasteiger partial charge in [0.2, 0.25) is 0 Å². The van der Waals surface area contributed by atoms with Crippen molar-refractivity contribution in [2.45, 2.75) is 13.5 Å². The number of nitrogens with zero attached hydrogens (tertiary/aromatic N) is 4. The second-order valence-corrected chi connectivity index (χ2v) is 5.36. The number of rotatable bonds is 3. The predicted octanol–water partition coefficient (Wildman–Crippen LogP) is 0.900. The van der Waals surface area contributed by atoms with Crippen LogP contribution in [0.25, 0.3) is 0 Å². The molecule has 0 atom stereocenters. The van der Waals surface area contributed by atoms with E-state index in [2.05, 4.69) is 0 Å². The molecule has 0 aliphatic rings. The van der Waals surface area contributed by atoms with Crippen molar-refractivity contribution in [3.63, 3.8) is 0 Å². The number of aromatic nitrogens is 2. The van der Waals surface area contributed by atoms with Crippen LogP contribution in [0.15, 0.2) is 33.9 Å². The maximum Gasteiger partial charge on any atom is 0.332 e. The van der Waals surface area contributed by atoms with E-state index >= 15 is 0 Å². The fraction of sp³-hybridized carbons (Fsp3) is 0.312. The summed E-state index contributed by atoms with van der Waals surface area (Å²) in [6.07, 6.45) is 0. The summed E-state index contributed by atoms with van der Waals surface area (Å²) < 4.78 is 2.27. The monoisotopic (exact) mass is 298 g/mol. The van der Waals surface area contributed by atoms with Crippen LogP contribution in [0.1, 0.15) is 16.7 Å². The molecule has 0 radical (unpaired) electrons. The lowest BCUT2D eigenvalue weighted by Gasteiger charge is -2.23. The topological polar surface area (TPSA) is 71.0 Å². The highest BCUT2D eigenvalue weighted by molar-refractivity contribution is 5.53. The molecule has 0 amide bonds. The Bertz CT molecular complexity index is 854. The molecule has 22 heavy (non-hydrogen) atoms. The maximum atomic E-state index is 12.1. The van der Waals surface area contributed by atoms with Crippen molar-refractivity contribution in [1.29, 1.82) is 5.26 Å². The van der Waals surface area contributed by atoms with Crippen molar-refractivity contribution in [2.24, 2.45) is 14.1 Å². The number of benzene rings is 1. The van der Waals surface area contributed by atoms with Crippen molar-refractivity contribution in [1.82, 2.24) is 9.13 Å². The first-order valence-corrected chi connectivity index (χ1v) is 6.83. The van der Waals surface area contributed by atoms with Crippen LogP contribution in [-0.2, 0) is 20.6 Å². The van der Waals surface area contributed by atoms with Crippen molar-refractivity contribution in [2.75, 3.05) is 11.9 Å². The Hall–Kier alpha value is -2.81. The van der Waals surface area contributed by atoms with Crippen LogP contribution in [0, 0.1) is 18.3 Å². The number of anilines is 1. The molecule has 1 aromatic heterocycles. The van der Waals surface area contributed by atoms with E-state index in [0.717, 1.165) is 15.7 Å². The van der Waals surface area contributed by atoms with E-state index in [-0.39, 0.29) is 5.56 Å². The van der Waals surface area contributed by atoms with Gasteiger partial charge < -0.3 is 4.90 Å². The Morgan fingerprint density at radius 3 is 2.27 bits per heavy atom. The predicted molar refractivity (Wildman–Crippen MR) is 84.9 cm³/mol. The van der Waals surface area contributed by atoms with Crippen LogP contribution in [-0.4, -0.2) is 16.2 Å². The van der Waals surface area contributed by atoms with Gasteiger partial charge in [-0.2, -0.15) is 5.26 Å². The van der Waals surface area contributed by atoms with Crippen LogP contribution in [0.4, 0.5) is 5.82 Å². The quantitative estimate of drug-likeness (QED) is 0.844. The summed E-state index contributed by atoms with van der Waals surface area (Å²) in [5, 5.41) is 9.29. The van der Waals surface area contributed by atoms with Crippen molar-refractivity contribution in [3.05, 3.63) is 61.8 Å². The maximum absolute atomic E-state index is 12.1. The van der Waals surface area contributed by atoms with E-state index in [1.54, 1.807) is 19.0 Å². The third kappa shape index (κ3) is 2.66. The molecule has 6 heteroatoms. The number of hydrogen-bond donors (Lipinski definition) is 0. The zero-order chi connectivity index (χ0) is 16.4. The third-order valence-corrected chi connectivity index (χ3v) is 3.65. The normalized spacial score (nSPS) is 10.3. The average molecular weight is 298 g/mol. The molecular formula is C16H18N4O2. The molecule has 6 nitrogen and oxygen atoms in total. The van der Waals surface area contributed by atoms with Gasteiger partial charge in [-0.1, -0.05) is 29.8 Å². The van der Waals surface area contributed by atoms with Crippen LogP contribution < -0.4 is 16.1 Å². The molecule has 0 saturated heterocycles. The molecular weight excluding hydrogens is 280 g/mol. The van der Waals surface area contributed by atoms with E-state index in [4.69, 9.17) is 0 Å². The van der Waals surface area contributed by atoms with Gasteiger partial charge in [-0.05, 0) is 12.5 Å². The lowest BCUT2D eigenvalue weighted by molar-refractivity contribution is 0.667. The number of hydrogen-bond acceptors (Lipinski definition) is 4. The lowest BCUT2D eigenvalue weighted by Crippen LogP contribution is -2.41. The van der Waals surface area contributed by atoms with Gasteiger partial charge in [0.15, 0.2) is 5.56 Å². The molecule has 0 aliphatic carbocycles. The standard InChI is InChI=1S/C16H18N4O2/c1-11-5-7-12(8-6-11)10-18(2)14-13(9-17)15(21)20(4)16(22)19(14)3/h5-8H,10H2,1-4H3. The first kappa shape index (κ1) is 15.6. The Labute approximate surface area is 128 Å². The molecule has 0 bridgehead atoms.